The summed E-state index contributed by atoms with van der Waals surface area (Å²) >= 11 is 0. The maximum absolute atomic E-state index is 12.7. The first kappa shape index (κ1) is 20.3. The lowest BCUT2D eigenvalue weighted by atomic mass is 10.0. The van der Waals surface area contributed by atoms with Gasteiger partial charge in [0.2, 0.25) is 0 Å². The van der Waals surface area contributed by atoms with Crippen LogP contribution < -0.4 is 5.11 Å². The topological polar surface area (TPSA) is 74.3 Å². The molecule has 0 aliphatic heterocycles. The summed E-state index contributed by atoms with van der Waals surface area (Å²) < 4.78 is 0. The van der Waals surface area contributed by atoms with Crippen molar-refractivity contribution >= 4 is 28.7 Å². The fourth-order valence-corrected chi connectivity index (χ4v) is 4.07. The Morgan fingerprint density at radius 2 is 1.15 bits per heavy atom. The van der Waals surface area contributed by atoms with Crippen molar-refractivity contribution in [1.29, 1.82) is 0 Å². The van der Waals surface area contributed by atoms with E-state index in [2.05, 4.69) is 0 Å². The zero-order chi connectivity index (χ0) is 22.9. The van der Waals surface area contributed by atoms with Crippen LogP contribution in [0.2, 0.25) is 0 Å². The number of hydrogen-bond acceptors (Lipinski definition) is 4. The summed E-state index contributed by atoms with van der Waals surface area (Å²) in [6.07, 6.45) is 6.35. The number of hydrogen-bond donors (Lipinski definition) is 0. The number of ketones is 3. The van der Waals surface area contributed by atoms with E-state index in [1.54, 1.807) is 60.7 Å². The number of allylic oxidation sites excluding steroid dienone is 7. The predicted octanol–water partition coefficient (Wildman–Crippen LogP) is 4.60. The van der Waals surface area contributed by atoms with Gasteiger partial charge in [-0.2, -0.15) is 0 Å². The van der Waals surface area contributed by atoms with Gasteiger partial charge in [0.1, 0.15) is 0 Å². The van der Waals surface area contributed by atoms with Crippen molar-refractivity contribution in [2.45, 2.75) is 0 Å². The van der Waals surface area contributed by atoms with Gasteiger partial charge in [0, 0.05) is 22.3 Å². The van der Waals surface area contributed by atoms with Crippen LogP contribution in [0.4, 0.5) is 0 Å². The molecule has 158 valence electrons. The molecule has 2 aliphatic rings. The van der Waals surface area contributed by atoms with Gasteiger partial charge in [-0.3, -0.25) is 14.4 Å². The quantitative estimate of drug-likeness (QED) is 0.345. The van der Waals surface area contributed by atoms with Crippen molar-refractivity contribution in [2.75, 3.05) is 0 Å². The molecule has 0 N–H and O–H groups in total. The Balaban J connectivity index is 1.54. The predicted molar refractivity (Wildman–Crippen MR) is 124 cm³/mol. The zero-order valence-electron chi connectivity index (χ0n) is 17.4. The van der Waals surface area contributed by atoms with Gasteiger partial charge < -0.3 is 5.11 Å². The molecule has 0 saturated carbocycles. The highest BCUT2D eigenvalue weighted by Crippen LogP contribution is 2.31. The first-order valence-corrected chi connectivity index (χ1v) is 10.5. The van der Waals surface area contributed by atoms with E-state index in [9.17, 15) is 19.5 Å². The van der Waals surface area contributed by atoms with Crippen LogP contribution in [-0.4, -0.2) is 17.3 Å². The molecule has 33 heavy (non-hydrogen) atoms. The number of carbonyl (C=O) groups excluding carboxylic acids is 3. The molecular weight excluding hydrogens is 412 g/mol. The van der Waals surface area contributed by atoms with Crippen molar-refractivity contribution in [3.05, 3.63) is 142 Å². The molecule has 2 aliphatic carbocycles. The zero-order valence-corrected chi connectivity index (χ0v) is 17.4. The SMILES string of the molecule is O=C1C(=CC=C(C=CC2=C([O-])c3ccccc3C2=O)c2ccccc2)C(=O)c2ccccc21. The first-order valence-electron chi connectivity index (χ1n) is 10.5. The highest BCUT2D eigenvalue weighted by Gasteiger charge is 2.32. The number of fused-ring (bicyclic) bond motifs is 2. The van der Waals surface area contributed by atoms with Crippen LogP contribution in [0, 0.1) is 0 Å². The molecule has 0 fully saturated rings. The van der Waals surface area contributed by atoms with Crippen LogP contribution in [0.3, 0.4) is 0 Å². The molecular formula is C29H17O4-. The third-order valence-electron chi connectivity index (χ3n) is 5.78. The van der Waals surface area contributed by atoms with Crippen LogP contribution in [0.25, 0.3) is 11.3 Å². The molecule has 0 radical (unpaired) electrons. The summed E-state index contributed by atoms with van der Waals surface area (Å²) in [5, 5.41) is 12.7. The standard InChI is InChI=1S/C29H18O4/c30-26-20-10-4-5-11-21(20)27(31)24(26)16-14-19(18-8-2-1-3-9-18)15-17-25-28(32)22-12-6-7-13-23(22)29(25)33/h1-17,30H/p-1. The van der Waals surface area contributed by atoms with Gasteiger partial charge in [-0.25, -0.2) is 0 Å². The minimum atomic E-state index is -0.311. The van der Waals surface area contributed by atoms with E-state index in [-0.39, 0.29) is 34.3 Å². The number of carbonyl (C=O) groups is 3. The molecule has 5 rings (SSSR count). The molecule has 0 saturated heterocycles. The molecule has 0 spiro atoms. The van der Waals surface area contributed by atoms with Gasteiger partial charge in [-0.05, 0) is 22.8 Å². The summed E-state index contributed by atoms with van der Waals surface area (Å²) in [5.41, 5.74) is 3.24. The fraction of sp³-hybridized carbons (Fsp3) is 0. The lowest BCUT2D eigenvalue weighted by Gasteiger charge is -2.09. The van der Waals surface area contributed by atoms with Crippen LogP contribution in [0.1, 0.15) is 42.2 Å². The van der Waals surface area contributed by atoms with E-state index in [0.717, 1.165) is 5.56 Å². The summed E-state index contributed by atoms with van der Waals surface area (Å²) in [4.78, 5) is 38.1. The van der Waals surface area contributed by atoms with Crippen molar-refractivity contribution < 1.29 is 19.5 Å². The molecule has 4 heteroatoms. The van der Waals surface area contributed by atoms with E-state index in [1.807, 2.05) is 30.3 Å². The summed E-state index contributed by atoms with van der Waals surface area (Å²) in [6, 6.07) is 22.8. The normalized spacial score (nSPS) is 15.5. The molecule has 0 unspecified atom stereocenters. The molecule has 3 aromatic rings. The van der Waals surface area contributed by atoms with Gasteiger partial charge in [-0.1, -0.05) is 103 Å². The highest BCUT2D eigenvalue weighted by atomic mass is 16.3. The highest BCUT2D eigenvalue weighted by molar-refractivity contribution is 6.39. The maximum atomic E-state index is 12.7. The Hall–Kier alpha value is -4.57. The summed E-state index contributed by atoms with van der Waals surface area (Å²) in [7, 11) is 0. The minimum Gasteiger partial charge on any atom is -0.872 e. The number of Topliss-reactive ketones (excluding diaryl/α,β-unsaturated/α-hetero) is 3. The van der Waals surface area contributed by atoms with Crippen molar-refractivity contribution in [1.82, 2.24) is 0 Å². The Morgan fingerprint density at radius 3 is 1.73 bits per heavy atom. The molecule has 0 amide bonds. The van der Waals surface area contributed by atoms with Gasteiger partial charge in [0.15, 0.2) is 17.3 Å². The van der Waals surface area contributed by atoms with Crippen molar-refractivity contribution in [3.63, 3.8) is 0 Å². The third kappa shape index (κ3) is 3.48. The molecule has 0 heterocycles. The summed E-state index contributed by atoms with van der Waals surface area (Å²) in [5.74, 6) is -1.24. The third-order valence-corrected chi connectivity index (χ3v) is 5.78. The Bertz CT molecular complexity index is 1410. The summed E-state index contributed by atoms with van der Waals surface area (Å²) in [6.45, 7) is 0. The van der Waals surface area contributed by atoms with Gasteiger partial charge in [0.05, 0.1) is 5.57 Å². The average molecular weight is 429 g/mol. The van der Waals surface area contributed by atoms with E-state index < -0.39 is 0 Å². The second kappa shape index (κ2) is 8.17. The lowest BCUT2D eigenvalue weighted by Crippen LogP contribution is -2.02. The smallest absolute Gasteiger partial charge is 0.197 e. The second-order valence-corrected chi connectivity index (χ2v) is 7.72. The monoisotopic (exact) mass is 429 g/mol. The van der Waals surface area contributed by atoms with Gasteiger partial charge in [0.25, 0.3) is 0 Å². The van der Waals surface area contributed by atoms with Gasteiger partial charge in [-0.15, -0.1) is 0 Å². The molecule has 4 nitrogen and oxygen atoms in total. The molecule has 0 aromatic heterocycles. The Labute approximate surface area is 190 Å². The molecule has 3 aromatic carbocycles. The maximum Gasteiger partial charge on any atom is 0.197 e. The average Bonchev–Trinajstić information content (AvgIpc) is 3.25. The Morgan fingerprint density at radius 1 is 0.636 bits per heavy atom. The lowest BCUT2D eigenvalue weighted by molar-refractivity contribution is -0.244. The van der Waals surface area contributed by atoms with Crippen LogP contribution >= 0.6 is 0 Å². The van der Waals surface area contributed by atoms with E-state index >= 15 is 0 Å². The second-order valence-electron chi connectivity index (χ2n) is 7.72. The largest absolute Gasteiger partial charge is 0.872 e. The van der Waals surface area contributed by atoms with E-state index in [1.165, 1.54) is 12.2 Å². The van der Waals surface area contributed by atoms with E-state index in [0.29, 0.717) is 27.8 Å². The number of rotatable bonds is 4. The van der Waals surface area contributed by atoms with Crippen molar-refractivity contribution in [2.24, 2.45) is 0 Å². The first-order chi connectivity index (χ1) is 16.1. The Kier molecular flexibility index (Phi) is 5.04. The minimum absolute atomic E-state index is 0.0890. The fourth-order valence-electron chi connectivity index (χ4n) is 4.07. The van der Waals surface area contributed by atoms with Crippen LogP contribution in [0.15, 0.2) is 114 Å². The van der Waals surface area contributed by atoms with Crippen molar-refractivity contribution in [3.8, 4) is 0 Å². The van der Waals surface area contributed by atoms with E-state index in [4.69, 9.17) is 0 Å². The van der Waals surface area contributed by atoms with Gasteiger partial charge >= 0.3 is 0 Å². The molecule has 0 bridgehead atoms. The number of benzene rings is 3. The van der Waals surface area contributed by atoms with Crippen LogP contribution in [-0.2, 0) is 0 Å². The van der Waals surface area contributed by atoms with Crippen LogP contribution in [0.5, 0.6) is 0 Å². The molecule has 0 atom stereocenters.